The number of nitrogens with one attached hydrogen (secondary N) is 1. The fourth-order valence-electron chi connectivity index (χ4n) is 0.361. The molecule has 0 bridgehead atoms. The molecule has 1 amide bonds. The third-order valence-corrected chi connectivity index (χ3v) is 1.63. The van der Waals surface area contributed by atoms with Gasteiger partial charge in [0.05, 0.1) is 6.61 Å². The fourth-order valence-corrected chi connectivity index (χ4v) is 1.08. The number of amides is 1. The average molecular weight is 175 g/mol. The van der Waals surface area contributed by atoms with E-state index in [1.165, 1.54) is 6.92 Å². The molecule has 0 aromatic carbocycles. The Labute approximate surface area is 77.9 Å². The zero-order valence-electron chi connectivity index (χ0n) is 5.75. The average Bonchev–Trinajstić information content (AvgIpc) is 1.59. The van der Waals surface area contributed by atoms with E-state index in [2.05, 4.69) is 4.18 Å². The van der Waals surface area contributed by atoms with Crippen molar-refractivity contribution in [1.29, 1.82) is 0 Å². The molecule has 5 nitrogen and oxygen atoms in total. The Kier molecular flexibility index (Phi) is 6.91. The summed E-state index contributed by atoms with van der Waals surface area (Å²) < 4.78 is 26.8. The quantitative estimate of drug-likeness (QED) is 0.544. The number of carbonyl (C=O) groups excluding carboxylic acids is 1. The molecule has 0 rings (SSSR count). The molecule has 0 unspecified atom stereocenters. The van der Waals surface area contributed by atoms with Gasteiger partial charge in [0, 0.05) is 6.92 Å². The molecule has 0 fully saturated rings. The van der Waals surface area contributed by atoms with Crippen molar-refractivity contribution in [2.45, 2.75) is 13.8 Å². The van der Waals surface area contributed by atoms with Crippen molar-refractivity contribution in [2.75, 3.05) is 6.61 Å². The van der Waals surface area contributed by atoms with Crippen LogP contribution in [0.15, 0.2) is 0 Å². The van der Waals surface area contributed by atoms with E-state index in [1.54, 1.807) is 4.72 Å². The fraction of sp³-hybridized carbons (Fsp3) is 0.750. The molecule has 62 valence electrons. The van der Waals surface area contributed by atoms with Gasteiger partial charge in [-0.05, 0) is 6.92 Å². The Morgan fingerprint density at radius 2 is 2.00 bits per heavy atom. The summed E-state index contributed by atoms with van der Waals surface area (Å²) in [6.45, 7) is 2.62. The molecule has 11 heavy (non-hydrogen) atoms. The van der Waals surface area contributed by atoms with Gasteiger partial charge in [-0.3, -0.25) is 8.98 Å². The van der Waals surface area contributed by atoms with Gasteiger partial charge >= 0.3 is 29.2 Å². The molecule has 0 heterocycles. The summed E-state index contributed by atoms with van der Waals surface area (Å²) in [5, 5.41) is 0. The first-order valence-corrected chi connectivity index (χ1v) is 4.06. The second-order valence-electron chi connectivity index (χ2n) is 1.52. The summed E-state index contributed by atoms with van der Waals surface area (Å²) in [7, 11) is -3.83. The van der Waals surface area contributed by atoms with Gasteiger partial charge in [-0.25, -0.2) is 4.72 Å². The molecule has 1 N–H and O–H groups in total. The Morgan fingerprint density at radius 3 is 2.27 bits per heavy atom. The van der Waals surface area contributed by atoms with Crippen molar-refractivity contribution in [2.24, 2.45) is 0 Å². The van der Waals surface area contributed by atoms with Crippen LogP contribution >= 0.6 is 0 Å². The molecule has 0 atom stereocenters. The van der Waals surface area contributed by atoms with Crippen LogP contribution in [0.4, 0.5) is 0 Å². The van der Waals surface area contributed by atoms with Gasteiger partial charge < -0.3 is 0 Å². The van der Waals surface area contributed by atoms with Gasteiger partial charge in [0.2, 0.25) is 5.91 Å². The summed E-state index contributed by atoms with van der Waals surface area (Å²) in [6.07, 6.45) is 0. The van der Waals surface area contributed by atoms with Crippen LogP contribution in [0, 0.1) is 0 Å². The van der Waals surface area contributed by atoms with Crippen molar-refractivity contribution >= 4 is 35.1 Å². The topological polar surface area (TPSA) is 72.5 Å². The Balaban J connectivity index is 0. The molecule has 0 aromatic heterocycles. The van der Waals surface area contributed by atoms with Gasteiger partial charge in [0.25, 0.3) is 0 Å². The summed E-state index contributed by atoms with van der Waals surface area (Å²) in [5.74, 6) is -0.659. The van der Waals surface area contributed by atoms with E-state index in [1.807, 2.05) is 0 Å². The number of hydrogen-bond donors (Lipinski definition) is 1. The van der Waals surface area contributed by atoms with Crippen LogP contribution in [0.2, 0.25) is 0 Å². The number of carbonyl (C=O) groups is 1. The third-order valence-electron chi connectivity index (χ3n) is 0.542. The normalized spacial score (nSPS) is 10.0. The van der Waals surface area contributed by atoms with Gasteiger partial charge in [-0.1, -0.05) is 0 Å². The van der Waals surface area contributed by atoms with E-state index in [-0.39, 0.29) is 25.5 Å². The van der Waals surface area contributed by atoms with Crippen LogP contribution in [0.25, 0.3) is 0 Å². The molecular weight excluding hydrogens is 165 g/mol. The van der Waals surface area contributed by atoms with Crippen LogP contribution in [-0.2, 0) is 19.3 Å². The minimum atomic E-state index is -3.83. The van der Waals surface area contributed by atoms with Crippen LogP contribution in [0.5, 0.6) is 0 Å². The van der Waals surface area contributed by atoms with Gasteiger partial charge in [0.1, 0.15) is 0 Å². The van der Waals surface area contributed by atoms with Crippen molar-refractivity contribution in [1.82, 2.24) is 4.72 Å². The molecule has 0 aromatic rings. The summed E-state index contributed by atoms with van der Waals surface area (Å²) >= 11 is 0. The van der Waals surface area contributed by atoms with Crippen molar-refractivity contribution in [3.8, 4) is 0 Å². The maximum atomic E-state index is 10.5. The number of rotatable bonds is 3. The zero-order chi connectivity index (χ0) is 8.20. The first kappa shape index (κ1) is 13.6. The first-order chi connectivity index (χ1) is 4.48. The molecule has 0 saturated heterocycles. The first-order valence-electron chi connectivity index (χ1n) is 2.65. The zero-order valence-corrected chi connectivity index (χ0v) is 6.56. The summed E-state index contributed by atoms with van der Waals surface area (Å²) in [4.78, 5) is 10.2. The molecule has 0 aliphatic heterocycles. The molecule has 7 heteroatoms. The van der Waals surface area contributed by atoms with Crippen molar-refractivity contribution < 1.29 is 17.4 Å². The second kappa shape index (κ2) is 5.61. The van der Waals surface area contributed by atoms with Crippen molar-refractivity contribution in [3.05, 3.63) is 0 Å². The number of hydrogen-bond acceptors (Lipinski definition) is 4. The van der Waals surface area contributed by atoms with Gasteiger partial charge in [0.15, 0.2) is 0 Å². The molecule has 0 spiro atoms. The predicted molar refractivity (Wildman–Crippen MR) is 41.5 cm³/mol. The Bertz CT molecular complexity index is 212. The van der Waals surface area contributed by atoms with E-state index in [4.69, 9.17) is 0 Å². The van der Waals surface area contributed by atoms with Gasteiger partial charge in [-0.2, -0.15) is 8.42 Å². The SMILES string of the molecule is CCOS(=O)(=O)NC(C)=O.[LiH]. The van der Waals surface area contributed by atoms with Crippen LogP contribution in [0.3, 0.4) is 0 Å². The maximum absolute atomic E-state index is 10.5. The third kappa shape index (κ3) is 7.88. The van der Waals surface area contributed by atoms with Gasteiger partial charge in [-0.15, -0.1) is 0 Å². The molecule has 0 saturated carbocycles. The van der Waals surface area contributed by atoms with Crippen LogP contribution in [0.1, 0.15) is 13.8 Å². The molecule has 0 aliphatic rings. The van der Waals surface area contributed by atoms with Crippen molar-refractivity contribution in [3.63, 3.8) is 0 Å². The molecule has 0 radical (unpaired) electrons. The predicted octanol–water partition coefficient (Wildman–Crippen LogP) is -1.24. The van der Waals surface area contributed by atoms with E-state index in [0.717, 1.165) is 6.92 Å². The molecular formula is C4H10LiNO4S. The van der Waals surface area contributed by atoms with E-state index >= 15 is 0 Å². The second-order valence-corrected chi connectivity index (χ2v) is 2.87. The van der Waals surface area contributed by atoms with Crippen LogP contribution in [-0.4, -0.2) is 39.8 Å². The summed E-state index contributed by atoms with van der Waals surface area (Å²) in [6, 6.07) is 0. The minimum absolute atomic E-state index is 0. The van der Waals surface area contributed by atoms with E-state index in [9.17, 15) is 13.2 Å². The monoisotopic (exact) mass is 175 g/mol. The molecule has 0 aliphatic carbocycles. The Morgan fingerprint density at radius 1 is 1.55 bits per heavy atom. The van der Waals surface area contributed by atoms with Crippen LogP contribution < -0.4 is 4.72 Å². The summed E-state index contributed by atoms with van der Waals surface area (Å²) in [5.41, 5.74) is 0. The Hall–Kier alpha value is -0.0226. The standard InChI is InChI=1S/C4H9NO4S.Li.H/c1-3-9-10(7,8)5-4(2)6;;/h3H2,1-2H3,(H,5,6);;. The van der Waals surface area contributed by atoms with E-state index in [0.29, 0.717) is 0 Å². The van der Waals surface area contributed by atoms with E-state index < -0.39 is 16.2 Å².